The van der Waals surface area contributed by atoms with Crippen LogP contribution in [0.4, 0.5) is 11.5 Å². The van der Waals surface area contributed by atoms with Crippen molar-refractivity contribution in [3.8, 4) is 0 Å². The summed E-state index contributed by atoms with van der Waals surface area (Å²) >= 11 is 5.28. The minimum Gasteiger partial charge on any atom is -0.332 e. The third-order valence-corrected chi connectivity index (χ3v) is 3.08. The third-order valence-electron chi connectivity index (χ3n) is 2.87. The lowest BCUT2D eigenvalue weighted by Crippen LogP contribution is -2.19. The quantitative estimate of drug-likeness (QED) is 0.694. The van der Waals surface area contributed by atoms with Crippen LogP contribution in [0.25, 0.3) is 10.9 Å². The van der Waals surface area contributed by atoms with Gasteiger partial charge in [-0.05, 0) is 42.5 Å². The number of hydrogen-bond donors (Lipinski definition) is 2. The molecule has 1 heterocycles. The third kappa shape index (κ3) is 2.92. The van der Waals surface area contributed by atoms with Crippen LogP contribution < -0.4 is 10.6 Å². The summed E-state index contributed by atoms with van der Waals surface area (Å²) in [6.45, 7) is 0. The fraction of sp³-hybridized carbons (Fsp3) is 0. The van der Waals surface area contributed by atoms with Gasteiger partial charge in [-0.1, -0.05) is 36.4 Å². The maximum absolute atomic E-state index is 5.28. The molecule has 4 heteroatoms. The van der Waals surface area contributed by atoms with Gasteiger partial charge in [0.2, 0.25) is 0 Å². The molecule has 0 aliphatic carbocycles. The number of benzene rings is 2. The molecule has 0 saturated carbocycles. The van der Waals surface area contributed by atoms with Gasteiger partial charge >= 0.3 is 0 Å². The summed E-state index contributed by atoms with van der Waals surface area (Å²) in [7, 11) is 0. The highest BCUT2D eigenvalue weighted by molar-refractivity contribution is 7.80. The van der Waals surface area contributed by atoms with Crippen molar-refractivity contribution >= 4 is 39.7 Å². The van der Waals surface area contributed by atoms with E-state index >= 15 is 0 Å². The molecule has 0 atom stereocenters. The fourth-order valence-corrected chi connectivity index (χ4v) is 2.16. The van der Waals surface area contributed by atoms with E-state index in [9.17, 15) is 0 Å². The largest absolute Gasteiger partial charge is 0.332 e. The van der Waals surface area contributed by atoms with Crippen LogP contribution >= 0.6 is 12.2 Å². The number of nitrogens with zero attached hydrogens (tertiary/aromatic N) is 1. The van der Waals surface area contributed by atoms with E-state index in [1.807, 2.05) is 66.7 Å². The number of pyridine rings is 1. The predicted octanol–water partition coefficient (Wildman–Crippen LogP) is 4.04. The Morgan fingerprint density at radius 3 is 2.40 bits per heavy atom. The van der Waals surface area contributed by atoms with E-state index in [2.05, 4.69) is 15.6 Å². The molecule has 3 aromatic rings. The van der Waals surface area contributed by atoms with Gasteiger partial charge in [0.25, 0.3) is 0 Å². The molecule has 0 amide bonds. The minimum atomic E-state index is 0.527. The maximum Gasteiger partial charge on any atom is 0.176 e. The van der Waals surface area contributed by atoms with Crippen molar-refractivity contribution in [1.29, 1.82) is 0 Å². The normalized spacial score (nSPS) is 10.2. The summed E-state index contributed by atoms with van der Waals surface area (Å²) in [5.74, 6) is 0.733. The standard InChI is InChI=1S/C16H13N3S/c20-16(17-13-7-2-1-3-8-13)19-15-11-10-12-6-4-5-9-14(12)18-15/h1-11H,(H2,17,18,19,20). The summed E-state index contributed by atoms with van der Waals surface area (Å²) < 4.78 is 0. The van der Waals surface area contributed by atoms with Gasteiger partial charge in [0, 0.05) is 11.1 Å². The Kier molecular flexibility index (Phi) is 3.56. The Morgan fingerprint density at radius 1 is 0.800 bits per heavy atom. The first-order valence-corrected chi connectivity index (χ1v) is 6.71. The van der Waals surface area contributed by atoms with Crippen molar-refractivity contribution in [2.24, 2.45) is 0 Å². The van der Waals surface area contributed by atoms with Crippen LogP contribution in [0.1, 0.15) is 0 Å². The van der Waals surface area contributed by atoms with Crippen LogP contribution in [-0.4, -0.2) is 10.1 Å². The minimum absolute atomic E-state index is 0.527. The Bertz CT molecular complexity index is 741. The van der Waals surface area contributed by atoms with Gasteiger partial charge in [0.15, 0.2) is 5.11 Å². The lowest BCUT2D eigenvalue weighted by molar-refractivity contribution is 1.39. The second-order valence-electron chi connectivity index (χ2n) is 4.33. The van der Waals surface area contributed by atoms with Gasteiger partial charge < -0.3 is 10.6 Å². The van der Waals surface area contributed by atoms with Crippen molar-refractivity contribution in [2.75, 3.05) is 10.6 Å². The van der Waals surface area contributed by atoms with Gasteiger partial charge in [-0.2, -0.15) is 0 Å². The van der Waals surface area contributed by atoms with Gasteiger partial charge in [-0.15, -0.1) is 0 Å². The van der Waals surface area contributed by atoms with Crippen LogP contribution in [0.5, 0.6) is 0 Å². The Hall–Kier alpha value is -2.46. The summed E-state index contributed by atoms with van der Waals surface area (Å²) in [6.07, 6.45) is 0. The van der Waals surface area contributed by atoms with Crippen molar-refractivity contribution in [3.63, 3.8) is 0 Å². The average Bonchev–Trinajstić information content (AvgIpc) is 2.48. The van der Waals surface area contributed by atoms with Gasteiger partial charge in [0.05, 0.1) is 5.52 Å². The number of anilines is 2. The summed E-state index contributed by atoms with van der Waals surface area (Å²) in [6, 6.07) is 21.7. The van der Waals surface area contributed by atoms with Crippen molar-refractivity contribution in [2.45, 2.75) is 0 Å². The molecule has 2 aromatic carbocycles. The SMILES string of the molecule is S=C(Nc1ccccc1)Nc1ccc2ccccc2n1. The van der Waals surface area contributed by atoms with Crippen LogP contribution in [0.15, 0.2) is 66.7 Å². The van der Waals surface area contributed by atoms with Crippen molar-refractivity contribution < 1.29 is 0 Å². The van der Waals surface area contributed by atoms with E-state index in [-0.39, 0.29) is 0 Å². The smallest absolute Gasteiger partial charge is 0.176 e. The van der Waals surface area contributed by atoms with Crippen LogP contribution in [0, 0.1) is 0 Å². The van der Waals surface area contributed by atoms with Gasteiger partial charge in [0.1, 0.15) is 5.82 Å². The number of hydrogen-bond acceptors (Lipinski definition) is 2. The number of thiocarbonyl (C=S) groups is 1. The highest BCUT2D eigenvalue weighted by atomic mass is 32.1. The fourth-order valence-electron chi connectivity index (χ4n) is 1.94. The zero-order valence-corrected chi connectivity index (χ0v) is 11.5. The van der Waals surface area contributed by atoms with Crippen LogP contribution in [-0.2, 0) is 0 Å². The van der Waals surface area contributed by atoms with Gasteiger partial charge in [-0.25, -0.2) is 4.98 Å². The lowest BCUT2D eigenvalue weighted by Gasteiger charge is -2.10. The number of para-hydroxylation sites is 2. The molecule has 0 aliphatic rings. The molecule has 2 N–H and O–H groups in total. The molecule has 0 saturated heterocycles. The molecule has 0 unspecified atom stereocenters. The molecular formula is C16H13N3S. The second kappa shape index (κ2) is 5.67. The highest BCUT2D eigenvalue weighted by Gasteiger charge is 2.01. The first-order valence-electron chi connectivity index (χ1n) is 6.30. The molecule has 1 aromatic heterocycles. The zero-order chi connectivity index (χ0) is 13.8. The Morgan fingerprint density at radius 2 is 1.55 bits per heavy atom. The Labute approximate surface area is 122 Å². The molecule has 3 rings (SSSR count). The number of nitrogens with one attached hydrogen (secondary N) is 2. The number of fused-ring (bicyclic) bond motifs is 1. The summed E-state index contributed by atoms with van der Waals surface area (Å²) in [5, 5.41) is 7.85. The number of aromatic nitrogens is 1. The van der Waals surface area contributed by atoms with Crippen molar-refractivity contribution in [1.82, 2.24) is 4.98 Å². The monoisotopic (exact) mass is 279 g/mol. The van der Waals surface area contributed by atoms with E-state index < -0.39 is 0 Å². The first kappa shape index (κ1) is 12.6. The number of rotatable bonds is 2. The summed E-state index contributed by atoms with van der Waals surface area (Å²) in [4.78, 5) is 4.52. The van der Waals surface area contributed by atoms with E-state index in [0.717, 1.165) is 22.4 Å². The molecule has 0 radical (unpaired) electrons. The van der Waals surface area contributed by atoms with Crippen molar-refractivity contribution in [3.05, 3.63) is 66.7 Å². The topological polar surface area (TPSA) is 37.0 Å². The van der Waals surface area contributed by atoms with E-state index in [1.54, 1.807) is 0 Å². The molecule has 0 fully saturated rings. The average molecular weight is 279 g/mol. The van der Waals surface area contributed by atoms with Crippen LogP contribution in [0.2, 0.25) is 0 Å². The maximum atomic E-state index is 5.28. The molecule has 3 nitrogen and oxygen atoms in total. The summed E-state index contributed by atoms with van der Waals surface area (Å²) in [5.41, 5.74) is 1.89. The molecule has 0 bridgehead atoms. The van der Waals surface area contributed by atoms with E-state index in [4.69, 9.17) is 12.2 Å². The van der Waals surface area contributed by atoms with Crippen LogP contribution in [0.3, 0.4) is 0 Å². The van der Waals surface area contributed by atoms with Gasteiger partial charge in [-0.3, -0.25) is 0 Å². The van der Waals surface area contributed by atoms with E-state index in [0.29, 0.717) is 5.11 Å². The zero-order valence-electron chi connectivity index (χ0n) is 10.7. The Balaban J connectivity index is 1.74. The predicted molar refractivity (Wildman–Crippen MR) is 88.0 cm³/mol. The second-order valence-corrected chi connectivity index (χ2v) is 4.74. The lowest BCUT2D eigenvalue weighted by atomic mass is 10.2. The first-order chi connectivity index (χ1) is 9.81. The highest BCUT2D eigenvalue weighted by Crippen LogP contribution is 2.15. The molecule has 98 valence electrons. The molecule has 20 heavy (non-hydrogen) atoms. The van der Waals surface area contributed by atoms with E-state index in [1.165, 1.54) is 0 Å². The molecule has 0 aliphatic heterocycles. The molecule has 0 spiro atoms. The molecular weight excluding hydrogens is 266 g/mol.